The summed E-state index contributed by atoms with van der Waals surface area (Å²) in [5, 5.41) is 8.68. The third kappa shape index (κ3) is 2.02. The van der Waals surface area contributed by atoms with Gasteiger partial charge in [-0.15, -0.1) is 0 Å². The molecule has 0 fully saturated rings. The third-order valence-corrected chi connectivity index (χ3v) is 2.17. The first-order valence-electron chi connectivity index (χ1n) is 4.14. The highest BCUT2D eigenvalue weighted by Crippen LogP contribution is 2.27. The zero-order chi connectivity index (χ0) is 10.7. The maximum Gasteiger partial charge on any atom is 0.132 e. The Balaban J connectivity index is 3.28. The molecule has 0 aliphatic rings. The normalized spacial score (nSPS) is 12.2. The molecule has 0 spiro atoms. The zero-order valence-electron chi connectivity index (χ0n) is 7.52. The van der Waals surface area contributed by atoms with Crippen LogP contribution < -0.4 is 0 Å². The molecular formula is C10H8ClF2N. The fraction of sp³-hybridized carbons (Fsp3) is 0.300. The quantitative estimate of drug-likeness (QED) is 0.739. The maximum absolute atomic E-state index is 13.3. The molecule has 0 N–H and O–H groups in total. The lowest BCUT2D eigenvalue weighted by Crippen LogP contribution is -2.01. The summed E-state index contributed by atoms with van der Waals surface area (Å²) in [6.07, 6.45) is 0.367. The van der Waals surface area contributed by atoms with E-state index in [-0.39, 0.29) is 10.6 Å². The molecule has 4 heteroatoms. The van der Waals surface area contributed by atoms with Gasteiger partial charge in [-0.05, 0) is 18.6 Å². The highest BCUT2D eigenvalue weighted by molar-refractivity contribution is 6.30. The second kappa shape index (κ2) is 4.39. The maximum atomic E-state index is 13.3. The number of nitrogens with zero attached hydrogens (tertiary/aromatic N) is 1. The van der Waals surface area contributed by atoms with Crippen molar-refractivity contribution in [2.75, 3.05) is 0 Å². The predicted octanol–water partition coefficient (Wildman–Crippen LogP) is 3.64. The van der Waals surface area contributed by atoms with E-state index in [4.69, 9.17) is 16.9 Å². The molecule has 0 radical (unpaired) electrons. The van der Waals surface area contributed by atoms with Gasteiger partial charge in [-0.2, -0.15) is 5.26 Å². The van der Waals surface area contributed by atoms with Gasteiger partial charge in [-0.25, -0.2) is 8.78 Å². The number of benzene rings is 1. The van der Waals surface area contributed by atoms with Crippen molar-refractivity contribution in [3.05, 3.63) is 34.4 Å². The second-order valence-corrected chi connectivity index (χ2v) is 3.31. The molecule has 0 aliphatic heterocycles. The van der Waals surface area contributed by atoms with Crippen LogP contribution in [0.3, 0.4) is 0 Å². The molecule has 0 bridgehead atoms. The number of hydrogen-bond donors (Lipinski definition) is 0. The molecule has 1 nitrogen and oxygen atoms in total. The van der Waals surface area contributed by atoms with Crippen molar-refractivity contribution < 1.29 is 8.78 Å². The van der Waals surface area contributed by atoms with Gasteiger partial charge in [-0.1, -0.05) is 18.5 Å². The van der Waals surface area contributed by atoms with E-state index in [0.29, 0.717) is 6.42 Å². The Morgan fingerprint density at radius 2 is 1.93 bits per heavy atom. The van der Waals surface area contributed by atoms with E-state index in [1.165, 1.54) is 0 Å². The van der Waals surface area contributed by atoms with Crippen molar-refractivity contribution in [3.8, 4) is 6.07 Å². The standard InChI is InChI=1S/C10H8ClF2N/c1-2-6(5-14)10-8(12)3-7(11)4-9(10)13/h3-4,6H,2H2,1H3. The van der Waals surface area contributed by atoms with Crippen LogP contribution in [0.2, 0.25) is 5.02 Å². The van der Waals surface area contributed by atoms with Crippen LogP contribution >= 0.6 is 11.6 Å². The molecule has 0 saturated heterocycles. The Labute approximate surface area is 85.9 Å². The van der Waals surface area contributed by atoms with E-state index in [2.05, 4.69) is 0 Å². The lowest BCUT2D eigenvalue weighted by molar-refractivity contribution is 0.542. The molecule has 0 amide bonds. The first-order valence-corrected chi connectivity index (χ1v) is 4.52. The summed E-state index contributed by atoms with van der Waals surface area (Å²) in [4.78, 5) is 0. The zero-order valence-corrected chi connectivity index (χ0v) is 8.28. The topological polar surface area (TPSA) is 23.8 Å². The van der Waals surface area contributed by atoms with Gasteiger partial charge in [0, 0.05) is 10.6 Å². The van der Waals surface area contributed by atoms with E-state index >= 15 is 0 Å². The van der Waals surface area contributed by atoms with Gasteiger partial charge in [0.25, 0.3) is 0 Å². The van der Waals surface area contributed by atoms with Crippen LogP contribution in [-0.2, 0) is 0 Å². The van der Waals surface area contributed by atoms with Crippen LogP contribution in [0.4, 0.5) is 8.78 Å². The highest BCUT2D eigenvalue weighted by atomic mass is 35.5. The third-order valence-electron chi connectivity index (χ3n) is 1.96. The summed E-state index contributed by atoms with van der Waals surface area (Å²) in [6, 6.07) is 3.87. The Bertz CT molecular complexity index is 361. The molecule has 0 aromatic heterocycles. The van der Waals surface area contributed by atoms with Crippen LogP contribution in [0, 0.1) is 23.0 Å². The summed E-state index contributed by atoms with van der Waals surface area (Å²) in [7, 11) is 0. The van der Waals surface area contributed by atoms with Gasteiger partial charge in [0.15, 0.2) is 0 Å². The van der Waals surface area contributed by atoms with Crippen LogP contribution in [0.25, 0.3) is 0 Å². The molecule has 14 heavy (non-hydrogen) atoms. The van der Waals surface area contributed by atoms with Crippen LogP contribution in [-0.4, -0.2) is 0 Å². The first-order chi connectivity index (χ1) is 6.60. The van der Waals surface area contributed by atoms with Gasteiger partial charge >= 0.3 is 0 Å². The van der Waals surface area contributed by atoms with E-state index in [9.17, 15) is 8.78 Å². The number of hydrogen-bond acceptors (Lipinski definition) is 1. The number of rotatable bonds is 2. The van der Waals surface area contributed by atoms with Crippen molar-refractivity contribution in [2.45, 2.75) is 19.3 Å². The molecule has 1 aromatic rings. The SMILES string of the molecule is CCC(C#N)c1c(F)cc(Cl)cc1F. The predicted molar refractivity (Wildman–Crippen MR) is 50.0 cm³/mol. The minimum absolute atomic E-state index is 0.00320. The summed E-state index contributed by atoms with van der Waals surface area (Å²) >= 11 is 5.45. The van der Waals surface area contributed by atoms with Crippen molar-refractivity contribution in [1.82, 2.24) is 0 Å². The van der Waals surface area contributed by atoms with Gasteiger partial charge in [0.2, 0.25) is 0 Å². The Morgan fingerprint density at radius 3 is 2.29 bits per heavy atom. The summed E-state index contributed by atoms with van der Waals surface area (Å²) < 4.78 is 26.5. The smallest absolute Gasteiger partial charge is 0.132 e. The molecule has 0 aliphatic carbocycles. The molecular weight excluding hydrogens is 208 g/mol. The largest absolute Gasteiger partial charge is 0.206 e. The monoisotopic (exact) mass is 215 g/mol. The number of nitriles is 1. The van der Waals surface area contributed by atoms with Crippen molar-refractivity contribution >= 4 is 11.6 Å². The van der Waals surface area contributed by atoms with Gasteiger partial charge < -0.3 is 0 Å². The average molecular weight is 216 g/mol. The van der Waals surface area contributed by atoms with E-state index < -0.39 is 17.6 Å². The highest BCUT2D eigenvalue weighted by Gasteiger charge is 2.18. The van der Waals surface area contributed by atoms with Crippen LogP contribution in [0.1, 0.15) is 24.8 Å². The van der Waals surface area contributed by atoms with Crippen molar-refractivity contribution in [2.24, 2.45) is 0 Å². The lowest BCUT2D eigenvalue weighted by Gasteiger charge is -2.09. The fourth-order valence-electron chi connectivity index (χ4n) is 1.25. The minimum atomic E-state index is -0.761. The first kappa shape index (κ1) is 10.9. The minimum Gasteiger partial charge on any atom is -0.206 e. The Kier molecular flexibility index (Phi) is 3.43. The molecule has 1 aromatic carbocycles. The molecule has 0 saturated carbocycles. The molecule has 74 valence electrons. The second-order valence-electron chi connectivity index (χ2n) is 2.87. The van der Waals surface area contributed by atoms with Crippen LogP contribution in [0.5, 0.6) is 0 Å². The van der Waals surface area contributed by atoms with Gasteiger partial charge in [-0.3, -0.25) is 0 Å². The summed E-state index contributed by atoms with van der Waals surface area (Å²) in [5.41, 5.74) is -0.195. The average Bonchev–Trinajstić information content (AvgIpc) is 2.10. The van der Waals surface area contributed by atoms with E-state index in [1.54, 1.807) is 6.92 Å². The Morgan fingerprint density at radius 1 is 1.43 bits per heavy atom. The van der Waals surface area contributed by atoms with Crippen molar-refractivity contribution in [1.29, 1.82) is 5.26 Å². The molecule has 1 unspecified atom stereocenters. The lowest BCUT2D eigenvalue weighted by atomic mass is 9.97. The van der Waals surface area contributed by atoms with Crippen molar-refractivity contribution in [3.63, 3.8) is 0 Å². The summed E-state index contributed by atoms with van der Waals surface area (Å²) in [6.45, 7) is 1.70. The molecule has 1 rings (SSSR count). The fourth-order valence-corrected chi connectivity index (χ4v) is 1.44. The number of halogens is 3. The Hall–Kier alpha value is -1.14. The molecule has 0 heterocycles. The van der Waals surface area contributed by atoms with Crippen LogP contribution in [0.15, 0.2) is 12.1 Å². The molecule has 1 atom stereocenters. The summed E-state index contributed by atoms with van der Waals surface area (Å²) in [5.74, 6) is -2.28. The van der Waals surface area contributed by atoms with E-state index in [1.807, 2.05) is 6.07 Å². The van der Waals surface area contributed by atoms with Gasteiger partial charge in [0.05, 0.1) is 12.0 Å². The van der Waals surface area contributed by atoms with E-state index in [0.717, 1.165) is 12.1 Å². The van der Waals surface area contributed by atoms with Gasteiger partial charge in [0.1, 0.15) is 11.6 Å².